The molecule has 0 unspecified atom stereocenters. The highest BCUT2D eigenvalue weighted by atomic mass is 32.2. The van der Waals surface area contributed by atoms with Crippen LogP contribution >= 0.6 is 12.2 Å². The zero-order chi connectivity index (χ0) is 19.2. The summed E-state index contributed by atoms with van der Waals surface area (Å²) in [5.41, 5.74) is 4.46. The standard InChI is InChI=1S/C18H22N4O2S2/c1-14(15-8-5-4-6-9-15)13-19-21-18(25)20-16-10-7-11-17(12-16)26(23,24)22(2)3/h4-14H,1-3H3,(H2,20,21,25)/b19-13-/t14-/m1/s1. The van der Waals surface area contributed by atoms with Crippen LogP contribution < -0.4 is 10.7 Å². The number of thiocarbonyl (C=S) groups is 1. The molecular formula is C18H22N4O2S2. The van der Waals surface area contributed by atoms with Crippen LogP contribution in [-0.2, 0) is 10.0 Å². The average Bonchev–Trinajstić information content (AvgIpc) is 2.62. The highest BCUT2D eigenvalue weighted by Gasteiger charge is 2.17. The quantitative estimate of drug-likeness (QED) is 0.451. The van der Waals surface area contributed by atoms with E-state index in [1.54, 1.807) is 18.3 Å². The number of nitrogens with one attached hydrogen (secondary N) is 2. The van der Waals surface area contributed by atoms with E-state index in [-0.39, 0.29) is 15.9 Å². The number of anilines is 1. The van der Waals surface area contributed by atoms with Crippen molar-refractivity contribution >= 4 is 39.3 Å². The Labute approximate surface area is 160 Å². The largest absolute Gasteiger partial charge is 0.331 e. The van der Waals surface area contributed by atoms with Crippen LogP contribution in [0.2, 0.25) is 0 Å². The van der Waals surface area contributed by atoms with E-state index in [4.69, 9.17) is 12.2 Å². The van der Waals surface area contributed by atoms with Crippen LogP contribution in [0.5, 0.6) is 0 Å². The van der Waals surface area contributed by atoms with E-state index < -0.39 is 10.0 Å². The fourth-order valence-corrected chi connectivity index (χ4v) is 3.27. The number of nitrogens with zero attached hydrogens (tertiary/aromatic N) is 2. The molecule has 1 atom stereocenters. The Morgan fingerprint density at radius 1 is 1.15 bits per heavy atom. The van der Waals surface area contributed by atoms with Crippen LogP contribution in [0.15, 0.2) is 64.6 Å². The molecule has 0 bridgehead atoms. The van der Waals surface area contributed by atoms with Gasteiger partial charge in [-0.25, -0.2) is 12.7 Å². The van der Waals surface area contributed by atoms with Gasteiger partial charge in [0.15, 0.2) is 5.11 Å². The predicted octanol–water partition coefficient (Wildman–Crippen LogP) is 3.01. The maximum atomic E-state index is 12.2. The molecule has 0 aromatic heterocycles. The predicted molar refractivity (Wildman–Crippen MR) is 110 cm³/mol. The SMILES string of the molecule is C[C@H](/C=N\NC(=S)Nc1cccc(S(=O)(=O)N(C)C)c1)c1ccccc1. The molecule has 0 fully saturated rings. The van der Waals surface area contributed by atoms with Crippen molar-refractivity contribution in [3.05, 3.63) is 60.2 Å². The summed E-state index contributed by atoms with van der Waals surface area (Å²) in [6.45, 7) is 2.03. The molecular weight excluding hydrogens is 368 g/mol. The van der Waals surface area contributed by atoms with Crippen LogP contribution in [-0.4, -0.2) is 38.1 Å². The van der Waals surface area contributed by atoms with Crippen molar-refractivity contribution in [3.63, 3.8) is 0 Å². The van der Waals surface area contributed by atoms with Crippen molar-refractivity contribution in [2.24, 2.45) is 5.10 Å². The molecule has 2 aromatic carbocycles. The molecule has 0 saturated heterocycles. The van der Waals surface area contributed by atoms with E-state index >= 15 is 0 Å². The van der Waals surface area contributed by atoms with E-state index in [1.807, 2.05) is 37.3 Å². The van der Waals surface area contributed by atoms with Gasteiger partial charge in [-0.2, -0.15) is 5.10 Å². The van der Waals surface area contributed by atoms with Gasteiger partial charge in [-0.05, 0) is 36.0 Å². The summed E-state index contributed by atoms with van der Waals surface area (Å²) in [7, 11) is -0.513. The van der Waals surface area contributed by atoms with Gasteiger partial charge in [0.1, 0.15) is 0 Å². The molecule has 0 saturated carbocycles. The molecule has 6 nitrogen and oxygen atoms in total. The van der Waals surface area contributed by atoms with Gasteiger partial charge in [0.2, 0.25) is 10.0 Å². The number of hydrogen-bond acceptors (Lipinski definition) is 4. The molecule has 0 heterocycles. The minimum Gasteiger partial charge on any atom is -0.331 e. The van der Waals surface area contributed by atoms with Crippen LogP contribution in [0.1, 0.15) is 18.4 Å². The van der Waals surface area contributed by atoms with Crippen molar-refractivity contribution in [1.29, 1.82) is 0 Å². The third kappa shape index (κ3) is 5.35. The van der Waals surface area contributed by atoms with E-state index in [9.17, 15) is 8.42 Å². The summed E-state index contributed by atoms with van der Waals surface area (Å²) < 4.78 is 25.5. The van der Waals surface area contributed by atoms with Crippen molar-refractivity contribution in [3.8, 4) is 0 Å². The zero-order valence-corrected chi connectivity index (χ0v) is 16.5. The van der Waals surface area contributed by atoms with Crippen molar-refractivity contribution < 1.29 is 8.42 Å². The number of rotatable bonds is 6. The Hall–Kier alpha value is -2.29. The minimum atomic E-state index is -3.49. The van der Waals surface area contributed by atoms with Gasteiger partial charge in [-0.3, -0.25) is 5.43 Å². The normalized spacial score (nSPS) is 12.9. The molecule has 0 radical (unpaired) electrons. The molecule has 2 aromatic rings. The Morgan fingerprint density at radius 2 is 1.85 bits per heavy atom. The lowest BCUT2D eigenvalue weighted by atomic mass is 10.0. The lowest BCUT2D eigenvalue weighted by molar-refractivity contribution is 0.521. The molecule has 138 valence electrons. The maximum Gasteiger partial charge on any atom is 0.242 e. The minimum absolute atomic E-state index is 0.139. The first-order valence-electron chi connectivity index (χ1n) is 7.98. The summed E-state index contributed by atoms with van der Waals surface area (Å²) >= 11 is 5.20. The first-order valence-corrected chi connectivity index (χ1v) is 9.83. The summed E-state index contributed by atoms with van der Waals surface area (Å²) in [6, 6.07) is 16.4. The molecule has 8 heteroatoms. The molecule has 2 N–H and O–H groups in total. The Kier molecular flexibility index (Phi) is 6.84. The lowest BCUT2D eigenvalue weighted by Gasteiger charge is -2.13. The number of sulfonamides is 1. The highest BCUT2D eigenvalue weighted by molar-refractivity contribution is 7.89. The van der Waals surface area contributed by atoms with Crippen LogP contribution in [0.25, 0.3) is 0 Å². The number of hydrogen-bond donors (Lipinski definition) is 2. The molecule has 0 amide bonds. The Bertz CT molecular complexity index is 881. The second-order valence-electron chi connectivity index (χ2n) is 5.86. The Balaban J connectivity index is 1.97. The average molecular weight is 391 g/mol. The van der Waals surface area contributed by atoms with Gasteiger partial charge in [0.25, 0.3) is 0 Å². The lowest BCUT2D eigenvalue weighted by Crippen LogP contribution is -2.25. The van der Waals surface area contributed by atoms with Gasteiger partial charge in [-0.15, -0.1) is 0 Å². The fourth-order valence-electron chi connectivity index (χ4n) is 2.15. The van der Waals surface area contributed by atoms with E-state index in [2.05, 4.69) is 15.8 Å². The second kappa shape index (κ2) is 8.88. The molecule has 0 aliphatic rings. The van der Waals surface area contributed by atoms with Gasteiger partial charge in [0, 0.05) is 31.9 Å². The van der Waals surface area contributed by atoms with E-state index in [0.717, 1.165) is 9.87 Å². The first kappa shape index (κ1) is 20.0. The van der Waals surface area contributed by atoms with Gasteiger partial charge in [0.05, 0.1) is 4.90 Å². The topological polar surface area (TPSA) is 73.8 Å². The molecule has 26 heavy (non-hydrogen) atoms. The molecule has 0 aliphatic carbocycles. The smallest absolute Gasteiger partial charge is 0.242 e. The monoisotopic (exact) mass is 390 g/mol. The van der Waals surface area contributed by atoms with Gasteiger partial charge in [-0.1, -0.05) is 43.3 Å². The summed E-state index contributed by atoms with van der Waals surface area (Å²) in [4.78, 5) is 0.191. The van der Waals surface area contributed by atoms with Gasteiger partial charge < -0.3 is 5.32 Å². The highest BCUT2D eigenvalue weighted by Crippen LogP contribution is 2.18. The van der Waals surface area contributed by atoms with Crippen molar-refractivity contribution in [1.82, 2.24) is 9.73 Å². The summed E-state index contributed by atoms with van der Waals surface area (Å²) in [5, 5.41) is 7.35. The van der Waals surface area contributed by atoms with Crippen molar-refractivity contribution in [2.75, 3.05) is 19.4 Å². The van der Waals surface area contributed by atoms with Crippen LogP contribution in [0.4, 0.5) is 5.69 Å². The zero-order valence-electron chi connectivity index (χ0n) is 14.9. The van der Waals surface area contributed by atoms with Crippen molar-refractivity contribution in [2.45, 2.75) is 17.7 Å². The van der Waals surface area contributed by atoms with Crippen LogP contribution in [0, 0.1) is 0 Å². The van der Waals surface area contributed by atoms with Crippen LogP contribution in [0.3, 0.4) is 0 Å². The maximum absolute atomic E-state index is 12.2. The van der Waals surface area contributed by atoms with Gasteiger partial charge >= 0.3 is 0 Å². The summed E-state index contributed by atoms with van der Waals surface area (Å²) in [5.74, 6) is 0.139. The van der Waals surface area contributed by atoms with E-state index in [0.29, 0.717) is 5.69 Å². The van der Waals surface area contributed by atoms with E-state index in [1.165, 1.54) is 26.2 Å². The molecule has 0 aliphatic heterocycles. The second-order valence-corrected chi connectivity index (χ2v) is 8.42. The Morgan fingerprint density at radius 3 is 2.50 bits per heavy atom. The third-order valence-corrected chi connectivity index (χ3v) is 5.66. The first-order chi connectivity index (χ1) is 12.3. The summed E-state index contributed by atoms with van der Waals surface area (Å²) in [6.07, 6.45) is 1.76. The third-order valence-electron chi connectivity index (χ3n) is 3.66. The fraction of sp³-hybridized carbons (Fsp3) is 0.222. The number of hydrazone groups is 1. The number of benzene rings is 2. The molecule has 0 spiro atoms. The molecule has 2 rings (SSSR count).